The Labute approximate surface area is 114 Å². The molecule has 0 unspecified atom stereocenters. The first kappa shape index (κ1) is 13.7. The molecule has 0 radical (unpaired) electrons. The van der Waals surface area contributed by atoms with E-state index in [9.17, 15) is 14.5 Å². The Morgan fingerprint density at radius 3 is 2.55 bits per heavy atom. The summed E-state index contributed by atoms with van der Waals surface area (Å²) in [6, 6.07) is 5.57. The van der Waals surface area contributed by atoms with Crippen molar-refractivity contribution in [2.75, 3.05) is 17.2 Å². The quantitative estimate of drug-likeness (QED) is 0.680. The van der Waals surface area contributed by atoms with E-state index in [-0.39, 0.29) is 23.1 Å². The van der Waals surface area contributed by atoms with Crippen molar-refractivity contribution < 1.29 is 9.31 Å². The van der Waals surface area contributed by atoms with E-state index in [0.717, 1.165) is 6.33 Å². The highest BCUT2D eigenvalue weighted by Gasteiger charge is 2.25. The van der Waals surface area contributed by atoms with Crippen LogP contribution in [0.1, 0.15) is 6.92 Å². The summed E-state index contributed by atoms with van der Waals surface area (Å²) in [6.45, 7) is 2.20. The van der Waals surface area contributed by atoms with Crippen molar-refractivity contribution in [1.29, 1.82) is 0 Å². The number of anilines is 3. The summed E-state index contributed by atoms with van der Waals surface area (Å²) in [6.07, 6.45) is 1.16. The molecule has 0 saturated carbocycles. The van der Waals surface area contributed by atoms with E-state index in [1.165, 1.54) is 24.3 Å². The number of hydrogen-bond donors (Lipinski definition) is 1. The first-order valence-electron chi connectivity index (χ1n) is 5.82. The van der Waals surface area contributed by atoms with Crippen LogP contribution >= 0.6 is 0 Å². The van der Waals surface area contributed by atoms with Gasteiger partial charge in [-0.05, 0) is 31.2 Å². The van der Waals surface area contributed by atoms with Gasteiger partial charge in [0.2, 0.25) is 11.6 Å². The molecule has 2 rings (SSSR count). The maximum Gasteiger partial charge on any atom is 0.353 e. The second-order valence-electron chi connectivity index (χ2n) is 3.91. The third-order valence-corrected chi connectivity index (χ3v) is 2.72. The zero-order chi connectivity index (χ0) is 14.7. The molecule has 7 nitrogen and oxygen atoms in total. The fourth-order valence-corrected chi connectivity index (χ4v) is 1.83. The van der Waals surface area contributed by atoms with Crippen LogP contribution < -0.4 is 10.6 Å². The molecule has 0 fully saturated rings. The molecular weight excluding hydrogens is 265 g/mol. The standard InChI is InChI=1S/C12H12FN5O2/c1-2-17(9-5-3-8(13)4-6-9)12-10(18(19)20)11(14)15-7-16-12/h3-7H,2H2,1H3,(H2,14,15,16). The van der Waals surface area contributed by atoms with Crippen molar-refractivity contribution in [3.63, 3.8) is 0 Å². The number of halogens is 1. The van der Waals surface area contributed by atoms with Crippen LogP contribution in [-0.4, -0.2) is 21.4 Å². The molecule has 0 aliphatic heterocycles. The Hall–Kier alpha value is -2.77. The van der Waals surface area contributed by atoms with Crippen LogP contribution in [0.2, 0.25) is 0 Å². The zero-order valence-corrected chi connectivity index (χ0v) is 10.7. The average Bonchev–Trinajstić information content (AvgIpc) is 2.41. The van der Waals surface area contributed by atoms with Gasteiger partial charge in [0.1, 0.15) is 12.1 Å². The molecule has 1 aromatic carbocycles. The summed E-state index contributed by atoms with van der Waals surface area (Å²) in [4.78, 5) is 19.6. The van der Waals surface area contributed by atoms with Gasteiger partial charge in [0, 0.05) is 12.2 Å². The highest BCUT2D eigenvalue weighted by atomic mass is 19.1. The third-order valence-electron chi connectivity index (χ3n) is 2.72. The van der Waals surface area contributed by atoms with Gasteiger partial charge >= 0.3 is 5.69 Å². The van der Waals surface area contributed by atoms with Gasteiger partial charge in [0.15, 0.2) is 0 Å². The van der Waals surface area contributed by atoms with E-state index in [0.29, 0.717) is 12.2 Å². The normalized spacial score (nSPS) is 10.3. The molecule has 2 N–H and O–H groups in total. The topological polar surface area (TPSA) is 98.2 Å². The lowest BCUT2D eigenvalue weighted by Gasteiger charge is -2.21. The number of nitrogen functional groups attached to an aromatic ring is 1. The van der Waals surface area contributed by atoms with Crippen molar-refractivity contribution in [3.8, 4) is 0 Å². The summed E-state index contributed by atoms with van der Waals surface area (Å²) in [5.41, 5.74) is 5.75. The van der Waals surface area contributed by atoms with Crippen LogP contribution in [0.15, 0.2) is 30.6 Å². The number of nitrogens with zero attached hydrogens (tertiary/aromatic N) is 4. The van der Waals surface area contributed by atoms with Gasteiger partial charge in [0.05, 0.1) is 4.92 Å². The largest absolute Gasteiger partial charge is 0.378 e. The Morgan fingerprint density at radius 1 is 1.35 bits per heavy atom. The van der Waals surface area contributed by atoms with E-state index in [1.807, 2.05) is 0 Å². The second-order valence-corrected chi connectivity index (χ2v) is 3.91. The number of aromatic nitrogens is 2. The summed E-state index contributed by atoms with van der Waals surface area (Å²) in [7, 11) is 0. The lowest BCUT2D eigenvalue weighted by atomic mass is 10.2. The van der Waals surface area contributed by atoms with Crippen LogP contribution in [0.25, 0.3) is 0 Å². The van der Waals surface area contributed by atoms with Gasteiger partial charge in [-0.25, -0.2) is 14.4 Å². The number of benzene rings is 1. The van der Waals surface area contributed by atoms with Crippen LogP contribution in [0, 0.1) is 15.9 Å². The summed E-state index contributed by atoms with van der Waals surface area (Å²) < 4.78 is 13.0. The molecule has 8 heteroatoms. The smallest absolute Gasteiger partial charge is 0.353 e. The molecule has 0 aliphatic rings. The molecule has 0 bridgehead atoms. The predicted molar refractivity (Wildman–Crippen MR) is 72.2 cm³/mol. The minimum absolute atomic E-state index is 0.0802. The van der Waals surface area contributed by atoms with Crippen molar-refractivity contribution >= 4 is 23.0 Å². The van der Waals surface area contributed by atoms with E-state index in [4.69, 9.17) is 5.73 Å². The minimum atomic E-state index is -0.628. The molecule has 1 heterocycles. The molecule has 0 atom stereocenters. The Bertz CT molecular complexity index is 632. The highest BCUT2D eigenvalue weighted by molar-refractivity contribution is 5.74. The molecule has 0 spiro atoms. The summed E-state index contributed by atoms with van der Waals surface area (Å²) in [5.74, 6) is -0.515. The highest BCUT2D eigenvalue weighted by Crippen LogP contribution is 2.34. The predicted octanol–water partition coefficient (Wildman–Crippen LogP) is 2.26. The maximum atomic E-state index is 13.0. The van der Waals surface area contributed by atoms with Gasteiger partial charge in [-0.2, -0.15) is 0 Å². The molecule has 20 heavy (non-hydrogen) atoms. The van der Waals surface area contributed by atoms with Gasteiger partial charge < -0.3 is 10.6 Å². The minimum Gasteiger partial charge on any atom is -0.378 e. The summed E-state index contributed by atoms with van der Waals surface area (Å²) in [5, 5.41) is 11.1. The number of nitrogens with two attached hydrogens (primary N) is 1. The van der Waals surface area contributed by atoms with Gasteiger partial charge in [-0.1, -0.05) is 0 Å². The van der Waals surface area contributed by atoms with Crippen molar-refractivity contribution in [1.82, 2.24) is 9.97 Å². The van der Waals surface area contributed by atoms with E-state index >= 15 is 0 Å². The van der Waals surface area contributed by atoms with E-state index in [2.05, 4.69) is 9.97 Å². The number of hydrogen-bond acceptors (Lipinski definition) is 6. The second kappa shape index (κ2) is 5.47. The Morgan fingerprint density at radius 2 is 2.00 bits per heavy atom. The van der Waals surface area contributed by atoms with Crippen LogP contribution in [0.4, 0.5) is 27.4 Å². The SMILES string of the molecule is CCN(c1ccc(F)cc1)c1ncnc(N)c1[N+](=O)[O-]. The monoisotopic (exact) mass is 277 g/mol. The number of nitro groups is 1. The Kier molecular flexibility index (Phi) is 3.74. The molecule has 0 saturated heterocycles. The van der Waals surface area contributed by atoms with Crippen molar-refractivity contribution in [2.24, 2.45) is 0 Å². The van der Waals surface area contributed by atoms with Crippen LogP contribution in [-0.2, 0) is 0 Å². The first-order chi connectivity index (χ1) is 9.54. The third kappa shape index (κ3) is 2.48. The molecule has 2 aromatic rings. The van der Waals surface area contributed by atoms with Gasteiger partial charge in [0.25, 0.3) is 0 Å². The molecule has 0 amide bonds. The van der Waals surface area contributed by atoms with E-state index in [1.54, 1.807) is 11.8 Å². The van der Waals surface area contributed by atoms with Gasteiger partial charge in [-0.3, -0.25) is 10.1 Å². The first-order valence-corrected chi connectivity index (χ1v) is 5.82. The zero-order valence-electron chi connectivity index (χ0n) is 10.7. The summed E-state index contributed by atoms with van der Waals surface area (Å²) >= 11 is 0. The van der Waals surface area contributed by atoms with Crippen LogP contribution in [0.3, 0.4) is 0 Å². The van der Waals surface area contributed by atoms with Crippen molar-refractivity contribution in [3.05, 3.63) is 46.5 Å². The number of rotatable bonds is 4. The molecular formula is C12H12FN5O2. The molecule has 1 aromatic heterocycles. The van der Waals surface area contributed by atoms with Crippen molar-refractivity contribution in [2.45, 2.75) is 6.92 Å². The maximum absolute atomic E-state index is 13.0. The van der Waals surface area contributed by atoms with Crippen LogP contribution in [0.5, 0.6) is 0 Å². The fourth-order valence-electron chi connectivity index (χ4n) is 1.83. The van der Waals surface area contributed by atoms with Gasteiger partial charge in [-0.15, -0.1) is 0 Å². The lowest BCUT2D eigenvalue weighted by molar-refractivity contribution is -0.383. The fraction of sp³-hybridized carbons (Fsp3) is 0.167. The molecule has 0 aliphatic carbocycles. The average molecular weight is 277 g/mol. The van der Waals surface area contributed by atoms with E-state index < -0.39 is 4.92 Å². The lowest BCUT2D eigenvalue weighted by Crippen LogP contribution is -2.19. The molecule has 104 valence electrons. The Balaban J connectivity index is 2.55.